The molecule has 0 aliphatic heterocycles. The van der Waals surface area contributed by atoms with E-state index in [4.69, 9.17) is 11.0 Å². The molecule has 2 aromatic rings. The number of ether oxygens (including phenoxy) is 1. The van der Waals surface area contributed by atoms with Crippen molar-refractivity contribution in [1.29, 1.82) is 5.26 Å². The largest absolute Gasteiger partial charge is 0.435 e. The maximum atomic E-state index is 12.2. The highest BCUT2D eigenvalue weighted by Crippen LogP contribution is 2.39. The molecule has 0 saturated heterocycles. The number of anilines is 1. The molecule has 0 unspecified atom stereocenters. The minimum Gasteiger partial charge on any atom is -0.435 e. The van der Waals surface area contributed by atoms with Gasteiger partial charge in [0, 0.05) is 4.88 Å². The van der Waals surface area contributed by atoms with Gasteiger partial charge in [-0.3, -0.25) is 0 Å². The van der Waals surface area contributed by atoms with Crippen LogP contribution in [0, 0.1) is 11.3 Å². The van der Waals surface area contributed by atoms with Gasteiger partial charge in [0.25, 0.3) is 0 Å². The predicted molar refractivity (Wildman–Crippen MR) is 74.9 cm³/mol. The standard InChI is InChI=1S/C14H12F2N2OS/c1-2-10-12(18)11(7-17)20-13(10)8-4-3-5-9(6-8)19-14(15)16/h3-6,14H,2,18H2,1H3. The molecule has 0 aliphatic rings. The summed E-state index contributed by atoms with van der Waals surface area (Å²) in [4.78, 5) is 1.26. The van der Waals surface area contributed by atoms with Crippen molar-refractivity contribution in [2.24, 2.45) is 0 Å². The summed E-state index contributed by atoms with van der Waals surface area (Å²) in [5.41, 5.74) is 7.97. The van der Waals surface area contributed by atoms with Crippen molar-refractivity contribution in [1.82, 2.24) is 0 Å². The van der Waals surface area contributed by atoms with Crippen molar-refractivity contribution in [2.45, 2.75) is 20.0 Å². The number of alkyl halides is 2. The van der Waals surface area contributed by atoms with Crippen molar-refractivity contribution in [3.05, 3.63) is 34.7 Å². The number of benzene rings is 1. The van der Waals surface area contributed by atoms with Crippen LogP contribution in [0.3, 0.4) is 0 Å². The van der Waals surface area contributed by atoms with Crippen LogP contribution in [0.5, 0.6) is 5.75 Å². The summed E-state index contributed by atoms with van der Waals surface area (Å²) in [5.74, 6) is 0.0880. The second kappa shape index (κ2) is 5.88. The van der Waals surface area contributed by atoms with Crippen molar-refractivity contribution >= 4 is 17.0 Å². The number of rotatable bonds is 4. The molecule has 0 atom stereocenters. The van der Waals surface area contributed by atoms with Crippen LogP contribution in [0.1, 0.15) is 17.4 Å². The lowest BCUT2D eigenvalue weighted by Gasteiger charge is -2.07. The fourth-order valence-corrected chi connectivity index (χ4v) is 3.06. The second-order valence-electron chi connectivity index (χ2n) is 4.02. The highest BCUT2D eigenvalue weighted by Gasteiger charge is 2.16. The van der Waals surface area contributed by atoms with Crippen molar-refractivity contribution in [3.63, 3.8) is 0 Å². The third kappa shape index (κ3) is 2.73. The molecule has 1 aromatic heterocycles. The maximum Gasteiger partial charge on any atom is 0.387 e. The van der Waals surface area contributed by atoms with Crippen LogP contribution in [0.15, 0.2) is 24.3 Å². The van der Waals surface area contributed by atoms with E-state index >= 15 is 0 Å². The Bertz CT molecular complexity index is 662. The van der Waals surface area contributed by atoms with Crippen molar-refractivity contribution in [2.75, 3.05) is 5.73 Å². The van der Waals surface area contributed by atoms with Crippen LogP contribution >= 0.6 is 11.3 Å². The first-order valence-electron chi connectivity index (χ1n) is 5.93. The second-order valence-corrected chi connectivity index (χ2v) is 5.04. The number of thiophene rings is 1. The summed E-state index contributed by atoms with van der Waals surface area (Å²) in [6.45, 7) is -0.929. The molecule has 0 spiro atoms. The zero-order valence-corrected chi connectivity index (χ0v) is 11.5. The predicted octanol–water partition coefficient (Wildman–Crippen LogP) is 4.03. The molecule has 0 radical (unpaired) electrons. The van der Waals surface area contributed by atoms with Gasteiger partial charge in [0.1, 0.15) is 16.7 Å². The Kier molecular flexibility index (Phi) is 4.20. The summed E-state index contributed by atoms with van der Waals surface area (Å²) in [5, 5.41) is 9.03. The van der Waals surface area contributed by atoms with Crippen LogP contribution in [-0.4, -0.2) is 6.61 Å². The average Bonchev–Trinajstić information content (AvgIpc) is 2.74. The van der Waals surface area contributed by atoms with Crippen molar-refractivity contribution < 1.29 is 13.5 Å². The number of nitrogens with zero attached hydrogens (tertiary/aromatic N) is 1. The smallest absolute Gasteiger partial charge is 0.387 e. The van der Waals surface area contributed by atoms with Gasteiger partial charge >= 0.3 is 6.61 Å². The zero-order chi connectivity index (χ0) is 14.7. The molecule has 20 heavy (non-hydrogen) atoms. The summed E-state index contributed by atoms with van der Waals surface area (Å²) in [6, 6.07) is 8.45. The fourth-order valence-electron chi connectivity index (χ4n) is 1.96. The zero-order valence-electron chi connectivity index (χ0n) is 10.7. The van der Waals surface area contributed by atoms with E-state index in [1.54, 1.807) is 12.1 Å². The quantitative estimate of drug-likeness (QED) is 0.926. The van der Waals surface area contributed by atoms with Gasteiger partial charge in [0.2, 0.25) is 0 Å². The third-order valence-corrected chi connectivity index (χ3v) is 4.03. The van der Waals surface area contributed by atoms with Gasteiger partial charge in [-0.2, -0.15) is 14.0 Å². The van der Waals surface area contributed by atoms with E-state index in [-0.39, 0.29) is 5.75 Å². The van der Waals surface area contributed by atoms with Gasteiger partial charge in [-0.05, 0) is 29.7 Å². The van der Waals surface area contributed by atoms with Crippen LogP contribution in [0.2, 0.25) is 0 Å². The molecule has 104 valence electrons. The molecule has 1 aromatic carbocycles. The Hall–Kier alpha value is -2.13. The summed E-state index contributed by atoms with van der Waals surface area (Å²) >= 11 is 1.26. The van der Waals surface area contributed by atoms with E-state index in [0.717, 1.165) is 16.0 Å². The summed E-state index contributed by atoms with van der Waals surface area (Å²) in [7, 11) is 0. The lowest BCUT2D eigenvalue weighted by Crippen LogP contribution is -2.01. The number of hydrogen-bond donors (Lipinski definition) is 1. The van der Waals surface area contributed by atoms with Gasteiger partial charge in [-0.1, -0.05) is 19.1 Å². The average molecular weight is 294 g/mol. The van der Waals surface area contributed by atoms with Crippen LogP contribution in [0.4, 0.5) is 14.5 Å². The molecule has 0 bridgehead atoms. The summed E-state index contributed by atoms with van der Waals surface area (Å²) < 4.78 is 28.9. The van der Waals surface area contributed by atoms with Gasteiger partial charge < -0.3 is 10.5 Å². The van der Waals surface area contributed by atoms with Crippen LogP contribution in [0.25, 0.3) is 10.4 Å². The Balaban J connectivity index is 2.49. The molecule has 0 fully saturated rings. The Labute approximate surface area is 119 Å². The third-order valence-electron chi connectivity index (χ3n) is 2.82. The molecule has 2 N–H and O–H groups in total. The molecular formula is C14H12F2N2OS. The molecule has 2 rings (SSSR count). The van der Waals surface area contributed by atoms with Crippen LogP contribution < -0.4 is 10.5 Å². The highest BCUT2D eigenvalue weighted by atomic mass is 32.1. The number of nitrogens with two attached hydrogens (primary N) is 1. The molecule has 6 heteroatoms. The Morgan fingerprint density at radius 3 is 2.80 bits per heavy atom. The van der Waals surface area contributed by atoms with E-state index in [2.05, 4.69) is 4.74 Å². The number of nitrogen functional groups attached to an aromatic ring is 1. The molecule has 3 nitrogen and oxygen atoms in total. The van der Waals surface area contributed by atoms with Crippen molar-refractivity contribution in [3.8, 4) is 22.3 Å². The lowest BCUT2D eigenvalue weighted by atomic mass is 10.1. The molecule has 0 amide bonds. The van der Waals surface area contributed by atoms with E-state index < -0.39 is 6.61 Å². The fraction of sp³-hybridized carbons (Fsp3) is 0.214. The molecule has 0 saturated carbocycles. The van der Waals surface area contributed by atoms with Gasteiger partial charge in [-0.15, -0.1) is 11.3 Å². The van der Waals surface area contributed by atoms with Gasteiger partial charge in [0.05, 0.1) is 5.69 Å². The minimum absolute atomic E-state index is 0.0880. The van der Waals surface area contributed by atoms with Gasteiger partial charge in [0.15, 0.2) is 0 Å². The minimum atomic E-state index is -2.86. The number of hydrogen-bond acceptors (Lipinski definition) is 4. The molecular weight excluding hydrogens is 282 g/mol. The first-order valence-corrected chi connectivity index (χ1v) is 6.75. The first-order chi connectivity index (χ1) is 9.56. The van der Waals surface area contributed by atoms with E-state index in [9.17, 15) is 8.78 Å². The van der Waals surface area contributed by atoms with Gasteiger partial charge in [-0.25, -0.2) is 0 Å². The molecule has 1 heterocycles. The van der Waals surface area contributed by atoms with E-state index in [1.165, 1.54) is 23.5 Å². The highest BCUT2D eigenvalue weighted by molar-refractivity contribution is 7.16. The van der Waals surface area contributed by atoms with E-state index in [1.807, 2.05) is 13.0 Å². The number of nitriles is 1. The van der Waals surface area contributed by atoms with E-state index in [0.29, 0.717) is 17.0 Å². The maximum absolute atomic E-state index is 12.2. The van der Waals surface area contributed by atoms with Crippen LogP contribution in [-0.2, 0) is 6.42 Å². The lowest BCUT2D eigenvalue weighted by molar-refractivity contribution is -0.0498. The normalized spacial score (nSPS) is 10.6. The monoisotopic (exact) mass is 294 g/mol. The summed E-state index contributed by atoms with van der Waals surface area (Å²) in [6.07, 6.45) is 0.666. The first kappa shape index (κ1) is 14.3. The number of halogens is 2. The Morgan fingerprint density at radius 1 is 1.45 bits per heavy atom. The topological polar surface area (TPSA) is 59.0 Å². The Morgan fingerprint density at radius 2 is 2.20 bits per heavy atom. The molecule has 0 aliphatic carbocycles. The SMILES string of the molecule is CCc1c(-c2cccc(OC(F)F)c2)sc(C#N)c1N.